The van der Waals surface area contributed by atoms with Crippen LogP contribution in [0.4, 0.5) is 17.1 Å². The van der Waals surface area contributed by atoms with E-state index in [0.29, 0.717) is 38.8 Å². The molecule has 0 spiro atoms. The third-order valence-electron chi connectivity index (χ3n) is 5.94. The molecule has 190 valence electrons. The first-order chi connectivity index (χ1) is 18.4. The number of imidazole rings is 1. The van der Waals surface area contributed by atoms with Gasteiger partial charge in [-0.05, 0) is 47.9 Å². The van der Waals surface area contributed by atoms with Crippen LogP contribution in [0.25, 0.3) is 21.8 Å². The van der Waals surface area contributed by atoms with Crippen molar-refractivity contribution in [3.8, 4) is 11.5 Å². The van der Waals surface area contributed by atoms with Crippen molar-refractivity contribution in [1.82, 2.24) is 15.3 Å². The largest absolute Gasteiger partial charge is 0.505 e. The van der Waals surface area contributed by atoms with Gasteiger partial charge in [-0.15, -0.1) is 10.2 Å². The van der Waals surface area contributed by atoms with Gasteiger partial charge in [0.15, 0.2) is 5.75 Å². The number of benzene rings is 4. The first-order valence-corrected chi connectivity index (χ1v) is 11.5. The van der Waals surface area contributed by atoms with E-state index in [1.165, 1.54) is 20.2 Å². The van der Waals surface area contributed by atoms with Crippen LogP contribution in [0.3, 0.4) is 0 Å². The molecule has 38 heavy (non-hydrogen) atoms. The number of anilines is 1. The molecule has 0 aliphatic heterocycles. The van der Waals surface area contributed by atoms with E-state index in [1.54, 1.807) is 60.7 Å². The number of amides is 2. The van der Waals surface area contributed by atoms with E-state index in [4.69, 9.17) is 4.74 Å². The second-order valence-corrected chi connectivity index (χ2v) is 8.30. The number of aromatic amines is 2. The molecule has 0 radical (unpaired) electrons. The highest BCUT2D eigenvalue weighted by Gasteiger charge is 2.19. The molecule has 0 aliphatic carbocycles. The van der Waals surface area contributed by atoms with E-state index >= 15 is 0 Å². The zero-order valence-corrected chi connectivity index (χ0v) is 20.3. The molecule has 5 rings (SSSR count). The summed E-state index contributed by atoms with van der Waals surface area (Å²) in [5, 5.41) is 26.2. The maximum Gasteiger partial charge on any atom is 0.323 e. The molecule has 1 aromatic heterocycles. The molecule has 2 amide bonds. The van der Waals surface area contributed by atoms with Gasteiger partial charge in [0.05, 0.1) is 23.7 Å². The summed E-state index contributed by atoms with van der Waals surface area (Å²) in [5.74, 6) is -0.890. The Morgan fingerprint density at radius 2 is 1.71 bits per heavy atom. The maximum absolute atomic E-state index is 13.2. The van der Waals surface area contributed by atoms with Crippen molar-refractivity contribution < 1.29 is 19.4 Å². The molecule has 0 unspecified atom stereocenters. The number of hydrogen-bond acceptors (Lipinski definition) is 7. The fourth-order valence-electron chi connectivity index (χ4n) is 4.06. The van der Waals surface area contributed by atoms with Crippen LogP contribution in [0.5, 0.6) is 11.5 Å². The van der Waals surface area contributed by atoms with Gasteiger partial charge in [0.25, 0.3) is 11.8 Å². The quantitative estimate of drug-likeness (QED) is 0.208. The predicted octanol–water partition coefficient (Wildman–Crippen LogP) is 4.75. The summed E-state index contributed by atoms with van der Waals surface area (Å²) in [5.41, 5.74) is 1.86. The first-order valence-electron chi connectivity index (χ1n) is 11.5. The van der Waals surface area contributed by atoms with Gasteiger partial charge in [-0.3, -0.25) is 9.59 Å². The molecule has 0 atom stereocenters. The van der Waals surface area contributed by atoms with Gasteiger partial charge in [-0.2, -0.15) is 0 Å². The minimum Gasteiger partial charge on any atom is -0.505 e. The average molecular weight is 511 g/mol. The van der Waals surface area contributed by atoms with Crippen LogP contribution in [0, 0.1) is 0 Å². The number of phenols is 1. The number of azo groups is 1. The number of phenolic OH excluding ortho intramolecular Hbond substituents is 1. The van der Waals surface area contributed by atoms with Gasteiger partial charge in [-0.1, -0.05) is 24.3 Å². The minimum absolute atomic E-state index is 0.0219. The summed E-state index contributed by atoms with van der Waals surface area (Å²) >= 11 is 0. The lowest BCUT2D eigenvalue weighted by Crippen LogP contribution is -2.17. The molecule has 5 aromatic rings. The standard InChI is InChI=1S/C27H22N6O5/c1-28-25(35)15-7-10-22(38-2)21(12-15)32-33-23-17-6-4-3-5-14(17)11-18(24(23)34)26(36)29-16-8-9-19-20(13-16)31-27(37)30-19/h3-13,34H,1-2H3,(H,28,35)(H,29,36)(H2,30,31,37)/b33-32+. The summed E-state index contributed by atoms with van der Waals surface area (Å²) in [7, 11) is 2.98. The van der Waals surface area contributed by atoms with Gasteiger partial charge in [-0.25, -0.2) is 4.79 Å². The Morgan fingerprint density at radius 3 is 2.50 bits per heavy atom. The summed E-state index contributed by atoms with van der Waals surface area (Å²) < 4.78 is 5.34. The molecule has 0 aliphatic rings. The Kier molecular flexibility index (Phi) is 6.32. The number of aromatic hydroxyl groups is 1. The number of nitrogens with one attached hydrogen (secondary N) is 4. The molecular formula is C27H22N6O5. The highest BCUT2D eigenvalue weighted by atomic mass is 16.5. The number of methoxy groups -OCH3 is 1. The molecule has 4 aromatic carbocycles. The van der Waals surface area contributed by atoms with Gasteiger partial charge < -0.3 is 30.4 Å². The number of fused-ring (bicyclic) bond motifs is 2. The SMILES string of the molecule is CNC(=O)c1ccc(OC)c(/N=N/c2c(O)c(C(=O)Nc3ccc4[nH]c(=O)[nH]c4c3)cc3ccccc23)c1. The van der Waals surface area contributed by atoms with Crippen LogP contribution in [0.15, 0.2) is 81.8 Å². The Morgan fingerprint density at radius 1 is 0.921 bits per heavy atom. The Bertz CT molecular complexity index is 1800. The minimum atomic E-state index is -0.582. The van der Waals surface area contributed by atoms with Crippen LogP contribution in [0.1, 0.15) is 20.7 Å². The topological polar surface area (TPSA) is 161 Å². The van der Waals surface area contributed by atoms with Crippen LogP contribution in [-0.2, 0) is 0 Å². The van der Waals surface area contributed by atoms with Crippen molar-refractivity contribution in [3.63, 3.8) is 0 Å². The third kappa shape index (κ3) is 4.55. The van der Waals surface area contributed by atoms with Crippen molar-refractivity contribution in [2.24, 2.45) is 10.2 Å². The van der Waals surface area contributed by atoms with E-state index in [0.717, 1.165) is 0 Å². The Balaban J connectivity index is 1.56. The predicted molar refractivity (Wildman–Crippen MR) is 143 cm³/mol. The van der Waals surface area contributed by atoms with Crippen LogP contribution >= 0.6 is 0 Å². The summed E-state index contributed by atoms with van der Waals surface area (Å²) in [4.78, 5) is 42.1. The van der Waals surface area contributed by atoms with Crippen molar-refractivity contribution in [1.29, 1.82) is 0 Å². The Hall–Kier alpha value is -5.45. The lowest BCUT2D eigenvalue weighted by atomic mass is 10.0. The number of rotatable bonds is 6. The van der Waals surface area contributed by atoms with Gasteiger partial charge in [0, 0.05) is 23.7 Å². The van der Waals surface area contributed by atoms with E-state index in [2.05, 4.69) is 30.8 Å². The Labute approximate surface area is 215 Å². The second-order valence-electron chi connectivity index (χ2n) is 8.30. The second kappa shape index (κ2) is 9.90. The summed E-state index contributed by atoms with van der Waals surface area (Å²) in [6, 6.07) is 18.3. The number of carbonyl (C=O) groups is 2. The van der Waals surface area contributed by atoms with Crippen molar-refractivity contribution in [2.45, 2.75) is 0 Å². The molecule has 5 N–H and O–H groups in total. The molecule has 0 saturated carbocycles. The van der Waals surface area contributed by atoms with Crippen molar-refractivity contribution in [2.75, 3.05) is 19.5 Å². The van der Waals surface area contributed by atoms with Crippen LogP contribution < -0.4 is 21.1 Å². The third-order valence-corrected chi connectivity index (χ3v) is 5.94. The van der Waals surface area contributed by atoms with E-state index in [1.807, 2.05) is 0 Å². The molecule has 11 heteroatoms. The summed E-state index contributed by atoms with van der Waals surface area (Å²) in [6.07, 6.45) is 0. The molecule has 1 heterocycles. The number of ether oxygens (including phenoxy) is 1. The van der Waals surface area contributed by atoms with Crippen molar-refractivity contribution in [3.05, 3.63) is 88.3 Å². The number of H-pyrrole nitrogens is 2. The van der Waals surface area contributed by atoms with Gasteiger partial charge in [0.2, 0.25) is 0 Å². The highest BCUT2D eigenvalue weighted by molar-refractivity contribution is 6.12. The maximum atomic E-state index is 13.2. The molecular weight excluding hydrogens is 488 g/mol. The van der Waals surface area contributed by atoms with Crippen LogP contribution in [0.2, 0.25) is 0 Å². The number of carbonyl (C=O) groups excluding carboxylic acids is 2. The number of nitrogens with zero attached hydrogens (tertiary/aromatic N) is 2. The fraction of sp³-hybridized carbons (Fsp3) is 0.0741. The van der Waals surface area contributed by atoms with Gasteiger partial charge >= 0.3 is 5.69 Å². The van der Waals surface area contributed by atoms with Crippen LogP contribution in [-0.4, -0.2) is 41.0 Å². The van der Waals surface area contributed by atoms with Crippen molar-refractivity contribution >= 4 is 50.7 Å². The normalized spacial score (nSPS) is 11.2. The van der Waals surface area contributed by atoms with E-state index < -0.39 is 5.91 Å². The molecule has 11 nitrogen and oxygen atoms in total. The number of hydrogen-bond donors (Lipinski definition) is 5. The molecule has 0 fully saturated rings. The summed E-state index contributed by atoms with van der Waals surface area (Å²) in [6.45, 7) is 0. The average Bonchev–Trinajstić information content (AvgIpc) is 3.30. The van der Waals surface area contributed by atoms with E-state index in [-0.39, 0.29) is 34.3 Å². The zero-order chi connectivity index (χ0) is 26.8. The zero-order valence-electron chi connectivity index (χ0n) is 20.3. The lowest BCUT2D eigenvalue weighted by Gasteiger charge is -2.11. The smallest absolute Gasteiger partial charge is 0.323 e. The monoisotopic (exact) mass is 510 g/mol. The first kappa shape index (κ1) is 24.3. The number of aromatic nitrogens is 2. The fourth-order valence-corrected chi connectivity index (χ4v) is 4.06. The highest BCUT2D eigenvalue weighted by Crippen LogP contribution is 2.40. The van der Waals surface area contributed by atoms with Gasteiger partial charge in [0.1, 0.15) is 17.1 Å². The van der Waals surface area contributed by atoms with E-state index in [9.17, 15) is 19.5 Å². The molecule has 0 saturated heterocycles. The lowest BCUT2D eigenvalue weighted by molar-refractivity contribution is 0.0962. The molecule has 0 bridgehead atoms.